The standard InChI is InChI=1S/C12H18N4O/c1-15-5-2-6-16(9-12(15)17)11-3-4-14-10(7-11)8-13/h3-4,7H,2,5-6,8-9,13H2,1H3. The summed E-state index contributed by atoms with van der Waals surface area (Å²) in [7, 11) is 1.85. The predicted octanol–water partition coefficient (Wildman–Crippen LogP) is 0.209. The Labute approximate surface area is 101 Å². The molecule has 1 aliphatic rings. The lowest BCUT2D eigenvalue weighted by Gasteiger charge is -2.22. The summed E-state index contributed by atoms with van der Waals surface area (Å²) in [5, 5.41) is 0. The van der Waals surface area contributed by atoms with Crippen LogP contribution in [0.3, 0.4) is 0 Å². The molecule has 0 bridgehead atoms. The van der Waals surface area contributed by atoms with Crippen LogP contribution in [0.1, 0.15) is 12.1 Å². The lowest BCUT2D eigenvalue weighted by atomic mass is 10.2. The van der Waals surface area contributed by atoms with Gasteiger partial charge in [0.2, 0.25) is 5.91 Å². The molecule has 1 fully saturated rings. The zero-order valence-corrected chi connectivity index (χ0v) is 10.1. The third-order valence-electron chi connectivity index (χ3n) is 3.05. The van der Waals surface area contributed by atoms with Crippen molar-refractivity contribution in [2.75, 3.05) is 31.6 Å². The van der Waals surface area contributed by atoms with E-state index in [1.54, 1.807) is 11.1 Å². The SMILES string of the molecule is CN1CCCN(c2ccnc(CN)c2)CC1=O. The number of aromatic nitrogens is 1. The fourth-order valence-corrected chi connectivity index (χ4v) is 1.98. The normalized spacial score (nSPS) is 17.2. The number of anilines is 1. The molecule has 5 heteroatoms. The first-order valence-electron chi connectivity index (χ1n) is 5.84. The highest BCUT2D eigenvalue weighted by Crippen LogP contribution is 2.16. The number of nitrogens with zero attached hydrogens (tertiary/aromatic N) is 3. The van der Waals surface area contributed by atoms with Crippen LogP contribution in [0, 0.1) is 0 Å². The van der Waals surface area contributed by atoms with E-state index in [0.29, 0.717) is 13.1 Å². The van der Waals surface area contributed by atoms with E-state index in [1.807, 2.05) is 19.2 Å². The predicted molar refractivity (Wildman–Crippen MR) is 66.6 cm³/mol. The number of carbonyl (C=O) groups is 1. The van der Waals surface area contributed by atoms with Crippen molar-refractivity contribution < 1.29 is 4.79 Å². The van der Waals surface area contributed by atoms with Crippen molar-refractivity contribution in [3.63, 3.8) is 0 Å². The van der Waals surface area contributed by atoms with Crippen LogP contribution in [-0.4, -0.2) is 42.5 Å². The van der Waals surface area contributed by atoms with E-state index in [-0.39, 0.29) is 5.91 Å². The fourth-order valence-electron chi connectivity index (χ4n) is 1.98. The molecule has 1 aromatic rings. The Morgan fingerprint density at radius 1 is 1.47 bits per heavy atom. The highest BCUT2D eigenvalue weighted by atomic mass is 16.2. The summed E-state index contributed by atoms with van der Waals surface area (Å²) in [6, 6.07) is 3.89. The van der Waals surface area contributed by atoms with Crippen molar-refractivity contribution in [3.8, 4) is 0 Å². The minimum atomic E-state index is 0.161. The first kappa shape index (κ1) is 11.9. The third-order valence-corrected chi connectivity index (χ3v) is 3.05. The smallest absolute Gasteiger partial charge is 0.241 e. The van der Waals surface area contributed by atoms with Crippen LogP contribution >= 0.6 is 0 Å². The molecule has 0 radical (unpaired) electrons. The number of amides is 1. The first-order valence-corrected chi connectivity index (χ1v) is 5.84. The van der Waals surface area contributed by atoms with Crippen molar-refractivity contribution in [2.24, 2.45) is 5.73 Å². The Bertz CT molecular complexity index is 407. The van der Waals surface area contributed by atoms with Gasteiger partial charge in [0.25, 0.3) is 0 Å². The molecule has 2 heterocycles. The van der Waals surface area contributed by atoms with Gasteiger partial charge in [0.05, 0.1) is 12.2 Å². The van der Waals surface area contributed by atoms with Gasteiger partial charge < -0.3 is 15.5 Å². The van der Waals surface area contributed by atoms with Gasteiger partial charge in [-0.1, -0.05) is 0 Å². The number of hydrogen-bond donors (Lipinski definition) is 1. The van der Waals surface area contributed by atoms with Gasteiger partial charge in [0.1, 0.15) is 0 Å². The van der Waals surface area contributed by atoms with Gasteiger partial charge in [0.15, 0.2) is 0 Å². The van der Waals surface area contributed by atoms with Gasteiger partial charge in [-0.3, -0.25) is 9.78 Å². The molecule has 0 spiro atoms. The molecule has 0 aromatic carbocycles. The van der Waals surface area contributed by atoms with E-state index in [9.17, 15) is 4.79 Å². The molecule has 1 amide bonds. The second kappa shape index (κ2) is 5.14. The quantitative estimate of drug-likeness (QED) is 0.794. The van der Waals surface area contributed by atoms with Crippen molar-refractivity contribution in [1.82, 2.24) is 9.88 Å². The number of likely N-dealkylation sites (N-methyl/N-ethyl adjacent to an activating group) is 1. The molecular weight excluding hydrogens is 216 g/mol. The van der Waals surface area contributed by atoms with Crippen LogP contribution in [0.5, 0.6) is 0 Å². The molecule has 1 aromatic heterocycles. The van der Waals surface area contributed by atoms with Crippen LogP contribution in [0.2, 0.25) is 0 Å². The molecule has 1 saturated heterocycles. The number of carbonyl (C=O) groups excluding carboxylic acids is 1. The maximum absolute atomic E-state index is 11.8. The largest absolute Gasteiger partial charge is 0.362 e. The second-order valence-corrected chi connectivity index (χ2v) is 4.30. The molecule has 17 heavy (non-hydrogen) atoms. The monoisotopic (exact) mass is 234 g/mol. The zero-order valence-electron chi connectivity index (χ0n) is 10.1. The minimum absolute atomic E-state index is 0.161. The van der Waals surface area contributed by atoms with E-state index in [0.717, 1.165) is 30.9 Å². The average molecular weight is 234 g/mol. The summed E-state index contributed by atoms with van der Waals surface area (Å²) in [4.78, 5) is 19.8. The molecule has 92 valence electrons. The Kier molecular flexibility index (Phi) is 3.58. The maximum Gasteiger partial charge on any atom is 0.241 e. The number of pyridine rings is 1. The topological polar surface area (TPSA) is 62.5 Å². The molecule has 0 aliphatic carbocycles. The first-order chi connectivity index (χ1) is 8.20. The van der Waals surface area contributed by atoms with Gasteiger partial charge in [-0.25, -0.2) is 0 Å². The lowest BCUT2D eigenvalue weighted by molar-refractivity contribution is -0.127. The second-order valence-electron chi connectivity index (χ2n) is 4.30. The zero-order chi connectivity index (χ0) is 12.3. The van der Waals surface area contributed by atoms with Crippen LogP contribution < -0.4 is 10.6 Å². The van der Waals surface area contributed by atoms with Gasteiger partial charge in [-0.05, 0) is 18.6 Å². The third kappa shape index (κ3) is 2.74. The number of rotatable bonds is 2. The van der Waals surface area contributed by atoms with Crippen LogP contribution in [0.4, 0.5) is 5.69 Å². The van der Waals surface area contributed by atoms with Gasteiger partial charge in [-0.15, -0.1) is 0 Å². The lowest BCUT2D eigenvalue weighted by Crippen LogP contribution is -2.34. The molecule has 5 nitrogen and oxygen atoms in total. The van der Waals surface area contributed by atoms with E-state index in [4.69, 9.17) is 5.73 Å². The Balaban J connectivity index is 2.17. The van der Waals surface area contributed by atoms with Crippen LogP contribution in [0.25, 0.3) is 0 Å². The van der Waals surface area contributed by atoms with Crippen molar-refractivity contribution in [1.29, 1.82) is 0 Å². The van der Waals surface area contributed by atoms with E-state index in [1.165, 1.54) is 0 Å². The highest BCUT2D eigenvalue weighted by Gasteiger charge is 2.19. The summed E-state index contributed by atoms with van der Waals surface area (Å²) in [6.07, 6.45) is 2.74. The van der Waals surface area contributed by atoms with Gasteiger partial charge in [-0.2, -0.15) is 0 Å². The molecule has 0 unspecified atom stereocenters. The summed E-state index contributed by atoms with van der Waals surface area (Å²) in [5.74, 6) is 0.161. The summed E-state index contributed by atoms with van der Waals surface area (Å²) in [5.41, 5.74) is 7.46. The van der Waals surface area contributed by atoms with E-state index >= 15 is 0 Å². The molecule has 0 saturated carbocycles. The fraction of sp³-hybridized carbons (Fsp3) is 0.500. The summed E-state index contributed by atoms with van der Waals surface area (Å²) >= 11 is 0. The van der Waals surface area contributed by atoms with Crippen molar-refractivity contribution in [3.05, 3.63) is 24.0 Å². The van der Waals surface area contributed by atoms with Crippen LogP contribution in [0.15, 0.2) is 18.3 Å². The molecular formula is C12H18N4O. The molecule has 0 atom stereocenters. The Morgan fingerprint density at radius 2 is 2.29 bits per heavy atom. The molecule has 2 N–H and O–H groups in total. The summed E-state index contributed by atoms with van der Waals surface area (Å²) < 4.78 is 0. The van der Waals surface area contributed by atoms with Gasteiger partial charge in [0, 0.05) is 38.6 Å². The Hall–Kier alpha value is -1.62. The number of nitrogens with two attached hydrogens (primary N) is 1. The number of hydrogen-bond acceptors (Lipinski definition) is 4. The average Bonchev–Trinajstić information content (AvgIpc) is 2.52. The maximum atomic E-state index is 11.8. The highest BCUT2D eigenvalue weighted by molar-refractivity contribution is 5.81. The Morgan fingerprint density at radius 3 is 3.06 bits per heavy atom. The van der Waals surface area contributed by atoms with Gasteiger partial charge >= 0.3 is 0 Å². The van der Waals surface area contributed by atoms with E-state index in [2.05, 4.69) is 9.88 Å². The van der Waals surface area contributed by atoms with Crippen LogP contribution in [-0.2, 0) is 11.3 Å². The van der Waals surface area contributed by atoms with E-state index < -0.39 is 0 Å². The summed E-state index contributed by atoms with van der Waals surface area (Å²) in [6.45, 7) is 2.58. The minimum Gasteiger partial charge on any atom is -0.362 e. The van der Waals surface area contributed by atoms with Crippen molar-refractivity contribution in [2.45, 2.75) is 13.0 Å². The molecule has 1 aliphatic heterocycles. The molecule has 2 rings (SSSR count). The van der Waals surface area contributed by atoms with Crippen molar-refractivity contribution >= 4 is 11.6 Å².